The van der Waals surface area contributed by atoms with Crippen molar-refractivity contribution in [1.82, 2.24) is 5.32 Å². The maximum atomic E-state index is 11.8. The van der Waals surface area contributed by atoms with Gasteiger partial charge in [0.25, 0.3) is 0 Å². The van der Waals surface area contributed by atoms with E-state index in [1.165, 1.54) is 0 Å². The molecule has 2 N–H and O–H groups in total. The van der Waals surface area contributed by atoms with E-state index in [0.29, 0.717) is 24.4 Å². The van der Waals surface area contributed by atoms with Gasteiger partial charge < -0.3 is 10.4 Å². The summed E-state index contributed by atoms with van der Waals surface area (Å²) in [7, 11) is 0. The molecule has 0 saturated carbocycles. The van der Waals surface area contributed by atoms with E-state index in [1.807, 2.05) is 25.1 Å². The molecular weight excluding hydrogens is 266 g/mol. The Morgan fingerprint density at radius 1 is 1.42 bits per heavy atom. The Morgan fingerprint density at radius 3 is 2.79 bits per heavy atom. The summed E-state index contributed by atoms with van der Waals surface area (Å²) in [6, 6.07) is 7.42. The van der Waals surface area contributed by atoms with Gasteiger partial charge in [-0.2, -0.15) is 0 Å². The molecule has 0 aliphatic heterocycles. The number of aliphatic carboxylic acids is 1. The van der Waals surface area contributed by atoms with Crippen LogP contribution in [0.5, 0.6) is 0 Å². The number of benzene rings is 1. The molecule has 19 heavy (non-hydrogen) atoms. The fourth-order valence-corrected chi connectivity index (χ4v) is 1.95. The molecule has 1 atom stereocenters. The predicted molar refractivity (Wildman–Crippen MR) is 74.2 cm³/mol. The van der Waals surface area contributed by atoms with Crippen LogP contribution in [0.15, 0.2) is 24.3 Å². The van der Waals surface area contributed by atoms with Crippen LogP contribution in [-0.4, -0.2) is 23.5 Å². The molecule has 0 radical (unpaired) electrons. The Hall–Kier alpha value is -1.55. The van der Waals surface area contributed by atoms with E-state index in [2.05, 4.69) is 5.32 Å². The Bertz CT molecular complexity index is 448. The number of halogens is 1. The summed E-state index contributed by atoms with van der Waals surface area (Å²) in [5.41, 5.74) is 1.01. The second kappa shape index (κ2) is 7.79. The van der Waals surface area contributed by atoms with Gasteiger partial charge in [0, 0.05) is 23.9 Å². The zero-order chi connectivity index (χ0) is 14.3. The Morgan fingerprint density at radius 2 is 2.16 bits per heavy atom. The average molecular weight is 284 g/mol. The van der Waals surface area contributed by atoms with Gasteiger partial charge in [-0.05, 0) is 30.5 Å². The zero-order valence-corrected chi connectivity index (χ0v) is 11.6. The number of carboxylic acids is 1. The first-order chi connectivity index (χ1) is 8.99. The van der Waals surface area contributed by atoms with Gasteiger partial charge in [-0.25, -0.2) is 0 Å². The monoisotopic (exact) mass is 283 g/mol. The number of carbonyl (C=O) groups is 2. The minimum absolute atomic E-state index is 0.0645. The van der Waals surface area contributed by atoms with Crippen molar-refractivity contribution in [3.05, 3.63) is 34.9 Å². The van der Waals surface area contributed by atoms with Crippen LogP contribution in [0.1, 0.15) is 25.3 Å². The molecule has 0 spiro atoms. The first kappa shape index (κ1) is 15.5. The highest BCUT2D eigenvalue weighted by atomic mass is 35.5. The van der Waals surface area contributed by atoms with Gasteiger partial charge in [0.2, 0.25) is 5.91 Å². The van der Waals surface area contributed by atoms with Crippen molar-refractivity contribution in [2.45, 2.75) is 26.2 Å². The lowest BCUT2D eigenvalue weighted by Gasteiger charge is -2.12. The summed E-state index contributed by atoms with van der Waals surface area (Å²) in [5.74, 6) is -1.07. The summed E-state index contributed by atoms with van der Waals surface area (Å²) in [6.45, 7) is 2.23. The van der Waals surface area contributed by atoms with E-state index in [1.54, 1.807) is 6.07 Å². The van der Waals surface area contributed by atoms with Crippen LogP contribution in [0.3, 0.4) is 0 Å². The van der Waals surface area contributed by atoms with Gasteiger partial charge in [-0.3, -0.25) is 9.59 Å². The van der Waals surface area contributed by atoms with Crippen molar-refractivity contribution in [2.75, 3.05) is 6.54 Å². The average Bonchev–Trinajstić information content (AvgIpc) is 2.34. The second-order valence-electron chi connectivity index (χ2n) is 4.52. The summed E-state index contributed by atoms with van der Waals surface area (Å²) in [4.78, 5) is 22.1. The fourth-order valence-electron chi connectivity index (χ4n) is 1.74. The number of rotatable bonds is 7. The van der Waals surface area contributed by atoms with E-state index >= 15 is 0 Å². The van der Waals surface area contributed by atoms with Gasteiger partial charge in [0.05, 0.1) is 0 Å². The summed E-state index contributed by atoms with van der Waals surface area (Å²) in [5, 5.41) is 11.9. The molecule has 1 aromatic rings. The van der Waals surface area contributed by atoms with Gasteiger partial charge in [0.1, 0.15) is 0 Å². The minimum Gasteiger partial charge on any atom is -0.481 e. The molecule has 1 rings (SSSR count). The molecule has 1 aromatic carbocycles. The van der Waals surface area contributed by atoms with Crippen LogP contribution < -0.4 is 5.32 Å². The van der Waals surface area contributed by atoms with Crippen molar-refractivity contribution in [3.8, 4) is 0 Å². The summed E-state index contributed by atoms with van der Waals surface area (Å²) in [6.07, 6.45) is 1.14. The lowest BCUT2D eigenvalue weighted by atomic mass is 10.0. The SMILES string of the molecule is CC(Cc1cccc(Cl)c1)C(=O)NCCCC(=O)O. The Labute approximate surface area is 117 Å². The number of hydrogen-bond donors (Lipinski definition) is 2. The summed E-state index contributed by atoms with van der Waals surface area (Å²) < 4.78 is 0. The number of amides is 1. The quantitative estimate of drug-likeness (QED) is 0.756. The molecule has 104 valence electrons. The standard InChI is InChI=1S/C14H18ClNO3/c1-10(8-11-4-2-5-12(15)9-11)14(19)16-7-3-6-13(17)18/h2,4-5,9-10H,3,6-8H2,1H3,(H,16,19)(H,17,18). The molecule has 0 heterocycles. The lowest BCUT2D eigenvalue weighted by Crippen LogP contribution is -2.31. The Balaban J connectivity index is 2.34. The van der Waals surface area contributed by atoms with E-state index in [9.17, 15) is 9.59 Å². The van der Waals surface area contributed by atoms with Crippen molar-refractivity contribution in [2.24, 2.45) is 5.92 Å². The number of nitrogens with one attached hydrogen (secondary N) is 1. The molecule has 0 bridgehead atoms. The van der Waals surface area contributed by atoms with Crippen LogP contribution in [0.2, 0.25) is 5.02 Å². The van der Waals surface area contributed by atoms with Crippen molar-refractivity contribution < 1.29 is 14.7 Å². The van der Waals surface area contributed by atoms with Crippen LogP contribution in [0.4, 0.5) is 0 Å². The Kier molecular flexibility index (Phi) is 6.36. The predicted octanol–water partition coefficient (Wildman–Crippen LogP) is 2.50. The molecule has 0 aliphatic rings. The third-order valence-corrected chi connectivity index (χ3v) is 2.98. The lowest BCUT2D eigenvalue weighted by molar-refractivity contribution is -0.137. The first-order valence-corrected chi connectivity index (χ1v) is 6.61. The highest BCUT2D eigenvalue weighted by Crippen LogP contribution is 2.14. The van der Waals surface area contributed by atoms with E-state index in [4.69, 9.17) is 16.7 Å². The number of carboxylic acid groups (broad SMARTS) is 1. The van der Waals surface area contributed by atoms with Crippen molar-refractivity contribution >= 4 is 23.5 Å². The molecule has 4 nitrogen and oxygen atoms in total. The summed E-state index contributed by atoms with van der Waals surface area (Å²) >= 11 is 5.88. The van der Waals surface area contributed by atoms with Crippen LogP contribution in [0.25, 0.3) is 0 Å². The first-order valence-electron chi connectivity index (χ1n) is 6.23. The molecule has 5 heteroatoms. The van der Waals surface area contributed by atoms with Crippen molar-refractivity contribution in [1.29, 1.82) is 0 Å². The largest absolute Gasteiger partial charge is 0.481 e. The van der Waals surface area contributed by atoms with E-state index < -0.39 is 5.97 Å². The minimum atomic E-state index is -0.846. The highest BCUT2D eigenvalue weighted by Gasteiger charge is 2.13. The highest BCUT2D eigenvalue weighted by molar-refractivity contribution is 6.30. The van der Waals surface area contributed by atoms with Crippen LogP contribution in [-0.2, 0) is 16.0 Å². The van der Waals surface area contributed by atoms with Crippen molar-refractivity contribution in [3.63, 3.8) is 0 Å². The number of carbonyl (C=O) groups excluding carboxylic acids is 1. The second-order valence-corrected chi connectivity index (χ2v) is 4.96. The maximum absolute atomic E-state index is 11.8. The molecule has 0 aliphatic carbocycles. The third-order valence-electron chi connectivity index (χ3n) is 2.75. The smallest absolute Gasteiger partial charge is 0.303 e. The van der Waals surface area contributed by atoms with Gasteiger partial charge in [-0.15, -0.1) is 0 Å². The molecule has 0 saturated heterocycles. The van der Waals surface area contributed by atoms with Gasteiger partial charge in [0.15, 0.2) is 0 Å². The topological polar surface area (TPSA) is 66.4 Å². The van der Waals surface area contributed by atoms with Crippen LogP contribution in [0, 0.1) is 5.92 Å². The van der Waals surface area contributed by atoms with Gasteiger partial charge >= 0.3 is 5.97 Å². The molecular formula is C14H18ClNO3. The molecule has 1 unspecified atom stereocenters. The number of hydrogen-bond acceptors (Lipinski definition) is 2. The normalized spacial score (nSPS) is 11.9. The third kappa shape index (κ3) is 6.25. The molecule has 0 aromatic heterocycles. The van der Waals surface area contributed by atoms with E-state index in [-0.39, 0.29) is 18.2 Å². The van der Waals surface area contributed by atoms with Crippen LogP contribution >= 0.6 is 11.6 Å². The molecule has 1 amide bonds. The molecule has 0 fully saturated rings. The fraction of sp³-hybridized carbons (Fsp3) is 0.429. The zero-order valence-electron chi connectivity index (χ0n) is 10.9. The van der Waals surface area contributed by atoms with E-state index in [0.717, 1.165) is 5.56 Å². The van der Waals surface area contributed by atoms with Gasteiger partial charge in [-0.1, -0.05) is 30.7 Å². The maximum Gasteiger partial charge on any atom is 0.303 e.